The van der Waals surface area contributed by atoms with Gasteiger partial charge in [-0.3, -0.25) is 0 Å². The minimum Gasteiger partial charge on any atom is -0.396 e. The molecule has 0 saturated heterocycles. The number of aliphatic hydroxyl groups is 1. The molecule has 0 aliphatic carbocycles. The number of fused-ring (bicyclic) bond motifs is 1. The Balaban J connectivity index is 2.29. The minimum atomic E-state index is -0.499. The maximum Gasteiger partial charge on any atom is 0.200 e. The van der Waals surface area contributed by atoms with E-state index >= 15 is 0 Å². The van der Waals surface area contributed by atoms with Gasteiger partial charge < -0.3 is 19.9 Å². The first-order chi connectivity index (χ1) is 11.2. The summed E-state index contributed by atoms with van der Waals surface area (Å²) in [5, 5.41) is 13.3. The first kappa shape index (κ1) is 18.3. The monoisotopic (exact) mass is 382 g/mol. The second kappa shape index (κ2) is 9.30. The molecule has 2 rings (SSSR count). The summed E-state index contributed by atoms with van der Waals surface area (Å²) >= 11 is 3.55. The van der Waals surface area contributed by atoms with Crippen LogP contribution in [0.5, 0.6) is 0 Å². The van der Waals surface area contributed by atoms with E-state index in [-0.39, 0.29) is 6.61 Å². The number of unbranched alkanes of at least 4 members (excludes halogenated alkanes) is 1. The fraction of sp³-hybridized carbons (Fsp3) is 0.471. The van der Waals surface area contributed by atoms with Crippen molar-refractivity contribution in [1.82, 2.24) is 10.3 Å². The topological polar surface area (TPSA) is 63.6 Å². The number of benzene rings is 1. The maximum atomic E-state index is 8.83. The van der Waals surface area contributed by atoms with Gasteiger partial charge in [-0.05, 0) is 53.0 Å². The lowest BCUT2D eigenvalue weighted by atomic mass is 10.1. The zero-order valence-corrected chi connectivity index (χ0v) is 15.1. The molecule has 0 fully saturated rings. The van der Waals surface area contributed by atoms with E-state index in [0.29, 0.717) is 6.54 Å². The number of pyridine rings is 1. The van der Waals surface area contributed by atoms with Gasteiger partial charge in [0.1, 0.15) is 5.69 Å². The van der Waals surface area contributed by atoms with Crippen molar-refractivity contribution in [2.45, 2.75) is 25.7 Å². The van der Waals surface area contributed by atoms with Crippen molar-refractivity contribution in [3.8, 4) is 0 Å². The molecule has 0 aliphatic heterocycles. The van der Waals surface area contributed by atoms with E-state index in [1.54, 1.807) is 14.2 Å². The highest BCUT2D eigenvalue weighted by molar-refractivity contribution is 9.10. The van der Waals surface area contributed by atoms with Crippen LogP contribution in [0.4, 0.5) is 0 Å². The Kier molecular flexibility index (Phi) is 7.39. The highest BCUT2D eigenvalue weighted by Gasteiger charge is 2.17. The number of rotatable bonds is 9. The number of hydrogen-bond acceptors (Lipinski definition) is 5. The van der Waals surface area contributed by atoms with Crippen LogP contribution in [0.3, 0.4) is 0 Å². The van der Waals surface area contributed by atoms with E-state index in [9.17, 15) is 0 Å². The van der Waals surface area contributed by atoms with Crippen molar-refractivity contribution in [3.63, 3.8) is 0 Å². The fourth-order valence-electron chi connectivity index (χ4n) is 2.47. The van der Waals surface area contributed by atoms with Crippen molar-refractivity contribution in [2.75, 3.05) is 27.4 Å². The van der Waals surface area contributed by atoms with E-state index in [1.165, 1.54) is 0 Å². The summed E-state index contributed by atoms with van der Waals surface area (Å²) in [5.74, 6) is 0. The molecule has 1 aromatic heterocycles. The van der Waals surface area contributed by atoms with Crippen LogP contribution in [0.1, 0.15) is 30.4 Å². The molecule has 6 heteroatoms. The van der Waals surface area contributed by atoms with Gasteiger partial charge in [-0.15, -0.1) is 0 Å². The highest BCUT2D eigenvalue weighted by atomic mass is 79.9. The van der Waals surface area contributed by atoms with Crippen LogP contribution in [-0.2, 0) is 16.0 Å². The Morgan fingerprint density at radius 2 is 2.04 bits per heavy atom. The van der Waals surface area contributed by atoms with Gasteiger partial charge in [0.25, 0.3) is 0 Å². The van der Waals surface area contributed by atoms with Gasteiger partial charge in [-0.25, -0.2) is 4.98 Å². The lowest BCUT2D eigenvalue weighted by Gasteiger charge is -2.18. The normalized spacial score (nSPS) is 11.5. The van der Waals surface area contributed by atoms with Gasteiger partial charge in [0.2, 0.25) is 6.29 Å². The van der Waals surface area contributed by atoms with E-state index in [4.69, 9.17) is 19.6 Å². The first-order valence-electron chi connectivity index (χ1n) is 7.66. The SMILES string of the molecule is COC(OC)c1nc2c(Br)cccc2cc1CNCCCCO. The van der Waals surface area contributed by atoms with Gasteiger partial charge in [0.05, 0.1) is 5.52 Å². The number of methoxy groups -OCH3 is 2. The molecule has 2 N–H and O–H groups in total. The van der Waals surface area contributed by atoms with E-state index in [2.05, 4.69) is 27.3 Å². The molecule has 0 atom stereocenters. The average molecular weight is 383 g/mol. The first-order valence-corrected chi connectivity index (χ1v) is 8.45. The zero-order valence-electron chi connectivity index (χ0n) is 13.5. The second-order valence-electron chi connectivity index (χ2n) is 5.26. The summed E-state index contributed by atoms with van der Waals surface area (Å²) in [5.41, 5.74) is 2.72. The summed E-state index contributed by atoms with van der Waals surface area (Å²) < 4.78 is 11.7. The van der Waals surface area contributed by atoms with Gasteiger partial charge in [-0.1, -0.05) is 12.1 Å². The van der Waals surface area contributed by atoms with Crippen LogP contribution in [0, 0.1) is 0 Å². The molecular formula is C17H23BrN2O3. The van der Waals surface area contributed by atoms with Crippen LogP contribution in [0.2, 0.25) is 0 Å². The smallest absolute Gasteiger partial charge is 0.200 e. The molecule has 1 aromatic carbocycles. The van der Waals surface area contributed by atoms with Crippen LogP contribution in [-0.4, -0.2) is 37.5 Å². The Morgan fingerprint density at radius 3 is 2.74 bits per heavy atom. The zero-order chi connectivity index (χ0) is 16.7. The molecule has 1 heterocycles. The number of halogens is 1. The summed E-state index contributed by atoms with van der Waals surface area (Å²) in [7, 11) is 3.22. The predicted molar refractivity (Wildman–Crippen MR) is 94.2 cm³/mol. The Labute approximate surface area is 145 Å². The number of para-hydroxylation sites is 1. The van der Waals surface area contributed by atoms with Crippen LogP contribution in [0.15, 0.2) is 28.7 Å². The van der Waals surface area contributed by atoms with Crippen LogP contribution >= 0.6 is 15.9 Å². The molecule has 0 radical (unpaired) electrons. The quantitative estimate of drug-likeness (QED) is 0.515. The summed E-state index contributed by atoms with van der Waals surface area (Å²) in [6, 6.07) is 8.13. The third kappa shape index (κ3) is 4.71. The second-order valence-corrected chi connectivity index (χ2v) is 6.11. The minimum absolute atomic E-state index is 0.230. The highest BCUT2D eigenvalue weighted by Crippen LogP contribution is 2.28. The molecule has 0 amide bonds. The number of hydrogen-bond donors (Lipinski definition) is 2. The lowest BCUT2D eigenvalue weighted by Crippen LogP contribution is -2.19. The molecule has 23 heavy (non-hydrogen) atoms. The van der Waals surface area contributed by atoms with Gasteiger partial charge >= 0.3 is 0 Å². The van der Waals surface area contributed by atoms with Crippen LogP contribution < -0.4 is 5.32 Å². The number of ether oxygens (including phenoxy) is 2. The van der Waals surface area contributed by atoms with Crippen molar-refractivity contribution >= 4 is 26.8 Å². The van der Waals surface area contributed by atoms with E-state index < -0.39 is 6.29 Å². The van der Waals surface area contributed by atoms with Crippen molar-refractivity contribution < 1.29 is 14.6 Å². The Morgan fingerprint density at radius 1 is 1.26 bits per heavy atom. The number of nitrogens with one attached hydrogen (secondary N) is 1. The maximum absolute atomic E-state index is 8.83. The Bertz CT molecular complexity index is 633. The van der Waals surface area contributed by atoms with E-state index in [1.807, 2.05) is 18.2 Å². The van der Waals surface area contributed by atoms with Gasteiger partial charge in [0, 0.05) is 37.2 Å². The third-order valence-corrected chi connectivity index (χ3v) is 4.28. The lowest BCUT2D eigenvalue weighted by molar-refractivity contribution is -0.109. The van der Waals surface area contributed by atoms with Crippen molar-refractivity contribution in [1.29, 1.82) is 0 Å². The fourth-order valence-corrected chi connectivity index (χ4v) is 2.94. The van der Waals surface area contributed by atoms with E-state index in [0.717, 1.165) is 46.0 Å². The van der Waals surface area contributed by atoms with Gasteiger partial charge in [-0.2, -0.15) is 0 Å². The summed E-state index contributed by atoms with van der Waals surface area (Å²) in [6.07, 6.45) is 1.25. The molecule has 0 unspecified atom stereocenters. The molecule has 126 valence electrons. The van der Waals surface area contributed by atoms with Gasteiger partial charge in [0.15, 0.2) is 0 Å². The molecular weight excluding hydrogens is 360 g/mol. The summed E-state index contributed by atoms with van der Waals surface area (Å²) in [6.45, 7) is 1.76. The molecule has 0 spiro atoms. The largest absolute Gasteiger partial charge is 0.396 e. The predicted octanol–water partition coefficient (Wildman–Crippen LogP) is 3.15. The Hall–Kier alpha value is -1.05. The third-order valence-electron chi connectivity index (χ3n) is 3.64. The standard InChI is InChI=1S/C17H23BrN2O3/c1-22-17(23-2)16-13(11-19-8-3-4-9-21)10-12-6-5-7-14(18)15(12)20-16/h5-7,10,17,19,21H,3-4,8-9,11H2,1-2H3. The average Bonchev–Trinajstić information content (AvgIpc) is 2.56. The molecule has 2 aromatic rings. The number of aromatic nitrogens is 1. The number of aliphatic hydroxyl groups excluding tert-OH is 1. The van der Waals surface area contributed by atoms with Crippen LogP contribution in [0.25, 0.3) is 10.9 Å². The van der Waals surface area contributed by atoms with Crippen molar-refractivity contribution in [3.05, 3.63) is 40.0 Å². The molecule has 0 aliphatic rings. The number of nitrogens with zero attached hydrogens (tertiary/aromatic N) is 1. The molecule has 0 bridgehead atoms. The molecule has 5 nitrogen and oxygen atoms in total. The summed E-state index contributed by atoms with van der Waals surface area (Å²) in [4.78, 5) is 4.75. The van der Waals surface area contributed by atoms with Crippen molar-refractivity contribution in [2.24, 2.45) is 0 Å². The molecule has 0 saturated carbocycles.